The SMILES string of the molecule is Cc1ccc(C(=O)NCCSCc2cccs2)cc1F. The first-order chi connectivity index (χ1) is 9.66. The summed E-state index contributed by atoms with van der Waals surface area (Å²) >= 11 is 3.51. The average Bonchev–Trinajstić information content (AvgIpc) is 2.94. The van der Waals surface area contributed by atoms with Crippen molar-refractivity contribution >= 4 is 29.0 Å². The number of amides is 1. The maximum Gasteiger partial charge on any atom is 0.251 e. The van der Waals surface area contributed by atoms with Crippen LogP contribution in [0.3, 0.4) is 0 Å². The first-order valence-electron chi connectivity index (χ1n) is 6.31. The Balaban J connectivity index is 1.70. The summed E-state index contributed by atoms with van der Waals surface area (Å²) in [7, 11) is 0. The van der Waals surface area contributed by atoms with Crippen molar-refractivity contribution in [2.45, 2.75) is 12.7 Å². The van der Waals surface area contributed by atoms with Crippen LogP contribution in [-0.4, -0.2) is 18.2 Å². The van der Waals surface area contributed by atoms with Crippen LogP contribution < -0.4 is 5.32 Å². The first-order valence-corrected chi connectivity index (χ1v) is 8.35. The van der Waals surface area contributed by atoms with Crippen LogP contribution in [-0.2, 0) is 5.75 Å². The molecule has 0 aliphatic rings. The van der Waals surface area contributed by atoms with Crippen LogP contribution in [0, 0.1) is 12.7 Å². The Labute approximate surface area is 126 Å². The summed E-state index contributed by atoms with van der Waals surface area (Å²) in [6.07, 6.45) is 0. The molecule has 2 nitrogen and oxygen atoms in total. The molecule has 1 aromatic carbocycles. The summed E-state index contributed by atoms with van der Waals surface area (Å²) in [4.78, 5) is 13.2. The van der Waals surface area contributed by atoms with Gasteiger partial charge in [-0.05, 0) is 36.1 Å². The number of hydrogen-bond acceptors (Lipinski definition) is 3. The quantitative estimate of drug-likeness (QED) is 0.821. The van der Waals surface area contributed by atoms with Gasteiger partial charge in [0.2, 0.25) is 0 Å². The van der Waals surface area contributed by atoms with E-state index in [1.807, 2.05) is 6.07 Å². The highest BCUT2D eigenvalue weighted by Gasteiger charge is 2.07. The number of halogens is 1. The molecule has 0 aliphatic heterocycles. The van der Waals surface area contributed by atoms with E-state index in [4.69, 9.17) is 0 Å². The number of aryl methyl sites for hydroxylation is 1. The molecule has 2 rings (SSSR count). The molecule has 0 radical (unpaired) electrons. The molecule has 0 aliphatic carbocycles. The van der Waals surface area contributed by atoms with Gasteiger partial charge in [0.25, 0.3) is 5.91 Å². The Bertz CT molecular complexity index is 569. The third kappa shape index (κ3) is 4.35. The standard InChI is InChI=1S/C15H16FNOS2/c1-11-4-5-12(9-14(11)16)15(18)17-6-8-19-10-13-3-2-7-20-13/h2-5,7,9H,6,8,10H2,1H3,(H,17,18). The number of thioether (sulfide) groups is 1. The summed E-state index contributed by atoms with van der Waals surface area (Å²) in [6.45, 7) is 2.27. The Morgan fingerprint density at radius 2 is 2.25 bits per heavy atom. The molecule has 0 bridgehead atoms. The second-order valence-electron chi connectivity index (χ2n) is 4.35. The first kappa shape index (κ1) is 15.1. The van der Waals surface area contributed by atoms with Crippen LogP contribution in [0.1, 0.15) is 20.8 Å². The predicted octanol–water partition coefficient (Wildman–Crippen LogP) is 3.86. The smallest absolute Gasteiger partial charge is 0.251 e. The van der Waals surface area contributed by atoms with Gasteiger partial charge in [-0.15, -0.1) is 11.3 Å². The third-order valence-electron chi connectivity index (χ3n) is 2.79. The molecule has 1 amide bonds. The molecule has 1 aromatic heterocycles. The normalized spacial score (nSPS) is 10.5. The zero-order valence-corrected chi connectivity index (χ0v) is 12.8. The minimum Gasteiger partial charge on any atom is -0.351 e. The zero-order chi connectivity index (χ0) is 14.4. The molecule has 5 heteroatoms. The van der Waals surface area contributed by atoms with Crippen molar-refractivity contribution in [3.05, 3.63) is 57.5 Å². The highest BCUT2D eigenvalue weighted by Crippen LogP contribution is 2.16. The Morgan fingerprint density at radius 1 is 1.40 bits per heavy atom. The molecule has 20 heavy (non-hydrogen) atoms. The fraction of sp³-hybridized carbons (Fsp3) is 0.267. The lowest BCUT2D eigenvalue weighted by Crippen LogP contribution is -2.25. The topological polar surface area (TPSA) is 29.1 Å². The molecular weight excluding hydrogens is 293 g/mol. The Kier molecular flexibility index (Phi) is 5.61. The largest absolute Gasteiger partial charge is 0.351 e. The lowest BCUT2D eigenvalue weighted by Gasteiger charge is -2.06. The summed E-state index contributed by atoms with van der Waals surface area (Å²) in [6, 6.07) is 8.69. The number of benzene rings is 1. The van der Waals surface area contributed by atoms with E-state index >= 15 is 0 Å². The second kappa shape index (κ2) is 7.45. The van der Waals surface area contributed by atoms with Crippen molar-refractivity contribution in [2.24, 2.45) is 0 Å². The van der Waals surface area contributed by atoms with E-state index in [-0.39, 0.29) is 11.7 Å². The zero-order valence-electron chi connectivity index (χ0n) is 11.2. The van der Waals surface area contributed by atoms with Gasteiger partial charge in [0.1, 0.15) is 5.82 Å². The lowest BCUT2D eigenvalue weighted by atomic mass is 10.1. The summed E-state index contributed by atoms with van der Waals surface area (Å²) in [5, 5.41) is 4.86. The van der Waals surface area contributed by atoms with Crippen LogP contribution in [0.4, 0.5) is 4.39 Å². The molecule has 0 atom stereocenters. The molecule has 1 heterocycles. The minimum absolute atomic E-state index is 0.222. The highest BCUT2D eigenvalue weighted by molar-refractivity contribution is 7.98. The van der Waals surface area contributed by atoms with Gasteiger partial charge in [-0.25, -0.2) is 4.39 Å². The number of nitrogens with one attached hydrogen (secondary N) is 1. The predicted molar refractivity (Wildman–Crippen MR) is 84.0 cm³/mol. The van der Waals surface area contributed by atoms with E-state index in [2.05, 4.69) is 16.8 Å². The molecule has 0 saturated heterocycles. The molecule has 106 valence electrons. The number of thiophene rings is 1. The van der Waals surface area contributed by atoms with Crippen molar-refractivity contribution in [3.8, 4) is 0 Å². The van der Waals surface area contributed by atoms with Crippen LogP contribution in [0.2, 0.25) is 0 Å². The number of carbonyl (C=O) groups excluding carboxylic acids is 1. The number of rotatable bonds is 6. The Hall–Kier alpha value is -1.33. The van der Waals surface area contributed by atoms with Crippen molar-refractivity contribution in [3.63, 3.8) is 0 Å². The van der Waals surface area contributed by atoms with E-state index in [1.54, 1.807) is 42.2 Å². The molecule has 0 spiro atoms. The van der Waals surface area contributed by atoms with E-state index in [9.17, 15) is 9.18 Å². The van der Waals surface area contributed by atoms with E-state index < -0.39 is 0 Å². The van der Waals surface area contributed by atoms with E-state index in [0.717, 1.165) is 11.5 Å². The summed E-state index contributed by atoms with van der Waals surface area (Å²) in [5.41, 5.74) is 0.921. The highest BCUT2D eigenvalue weighted by atomic mass is 32.2. The number of carbonyl (C=O) groups is 1. The average molecular weight is 309 g/mol. The molecule has 2 aromatic rings. The molecule has 0 unspecified atom stereocenters. The van der Waals surface area contributed by atoms with Crippen LogP contribution in [0.5, 0.6) is 0 Å². The van der Waals surface area contributed by atoms with Crippen molar-refractivity contribution in [1.82, 2.24) is 5.32 Å². The van der Waals surface area contributed by atoms with Crippen molar-refractivity contribution < 1.29 is 9.18 Å². The monoisotopic (exact) mass is 309 g/mol. The maximum atomic E-state index is 13.4. The van der Waals surface area contributed by atoms with Gasteiger partial charge in [0, 0.05) is 28.5 Å². The minimum atomic E-state index is -0.343. The van der Waals surface area contributed by atoms with Gasteiger partial charge >= 0.3 is 0 Å². The van der Waals surface area contributed by atoms with Gasteiger partial charge in [0.15, 0.2) is 0 Å². The number of hydrogen-bond donors (Lipinski definition) is 1. The summed E-state index contributed by atoms with van der Waals surface area (Å²) in [5.74, 6) is 1.25. The van der Waals surface area contributed by atoms with Gasteiger partial charge in [-0.1, -0.05) is 12.1 Å². The second-order valence-corrected chi connectivity index (χ2v) is 6.49. The van der Waals surface area contributed by atoms with Gasteiger partial charge < -0.3 is 5.32 Å². The third-order valence-corrected chi connectivity index (χ3v) is 4.86. The summed E-state index contributed by atoms with van der Waals surface area (Å²) < 4.78 is 13.4. The lowest BCUT2D eigenvalue weighted by molar-refractivity contribution is 0.0955. The van der Waals surface area contributed by atoms with Gasteiger partial charge in [0.05, 0.1) is 0 Å². The molecular formula is C15H16FNOS2. The van der Waals surface area contributed by atoms with Gasteiger partial charge in [-0.2, -0.15) is 11.8 Å². The van der Waals surface area contributed by atoms with E-state index in [1.165, 1.54) is 10.9 Å². The van der Waals surface area contributed by atoms with Crippen molar-refractivity contribution in [2.75, 3.05) is 12.3 Å². The Morgan fingerprint density at radius 3 is 2.95 bits per heavy atom. The molecule has 0 fully saturated rings. The fourth-order valence-corrected chi connectivity index (χ4v) is 3.34. The van der Waals surface area contributed by atoms with Crippen LogP contribution in [0.15, 0.2) is 35.7 Å². The van der Waals surface area contributed by atoms with Gasteiger partial charge in [-0.3, -0.25) is 4.79 Å². The maximum absolute atomic E-state index is 13.4. The fourth-order valence-electron chi connectivity index (χ4n) is 1.64. The molecule has 1 N–H and O–H groups in total. The molecule has 0 saturated carbocycles. The van der Waals surface area contributed by atoms with Crippen LogP contribution >= 0.6 is 23.1 Å². The van der Waals surface area contributed by atoms with E-state index in [0.29, 0.717) is 17.7 Å². The van der Waals surface area contributed by atoms with Crippen LogP contribution in [0.25, 0.3) is 0 Å². The van der Waals surface area contributed by atoms with Crippen molar-refractivity contribution in [1.29, 1.82) is 0 Å².